The van der Waals surface area contributed by atoms with E-state index in [2.05, 4.69) is 10.6 Å². The lowest BCUT2D eigenvalue weighted by Gasteiger charge is -2.30. The number of rotatable bonds is 6. The first kappa shape index (κ1) is 15.8. The van der Waals surface area contributed by atoms with Crippen molar-refractivity contribution in [1.82, 2.24) is 10.6 Å². The lowest BCUT2D eigenvalue weighted by atomic mass is 9.83. The van der Waals surface area contributed by atoms with E-state index in [1.807, 2.05) is 6.92 Å². The predicted molar refractivity (Wildman–Crippen MR) is 70.8 cm³/mol. The van der Waals surface area contributed by atoms with Gasteiger partial charge in [0.1, 0.15) is 0 Å². The third-order valence-corrected chi connectivity index (χ3v) is 3.72. The molecule has 0 spiro atoms. The molecule has 0 radical (unpaired) electrons. The van der Waals surface area contributed by atoms with Gasteiger partial charge in [-0.2, -0.15) is 0 Å². The maximum atomic E-state index is 11.7. The van der Waals surface area contributed by atoms with E-state index >= 15 is 0 Å². The molecule has 110 valence electrons. The molecule has 0 bridgehead atoms. The summed E-state index contributed by atoms with van der Waals surface area (Å²) in [5.41, 5.74) is 0. The number of carboxylic acids is 1. The Morgan fingerprint density at radius 2 is 1.89 bits per heavy atom. The minimum Gasteiger partial charge on any atom is -0.479 e. The Hall–Kier alpha value is -1.30. The van der Waals surface area contributed by atoms with Gasteiger partial charge in [-0.3, -0.25) is 0 Å². The SMILES string of the molecule is CCC(NC(=O)NC[C@H](O)C(=O)O)C1CCCCC1. The van der Waals surface area contributed by atoms with E-state index < -0.39 is 18.1 Å². The molecule has 0 saturated heterocycles. The summed E-state index contributed by atoms with van der Waals surface area (Å²) in [5, 5.41) is 22.8. The van der Waals surface area contributed by atoms with E-state index in [0.29, 0.717) is 5.92 Å². The predicted octanol–water partition coefficient (Wildman–Crippen LogP) is 1.09. The van der Waals surface area contributed by atoms with Crippen LogP contribution in [0.2, 0.25) is 0 Å². The molecule has 0 aromatic rings. The van der Waals surface area contributed by atoms with Crippen LogP contribution in [0.4, 0.5) is 4.79 Å². The molecular weight excluding hydrogens is 248 g/mol. The highest BCUT2D eigenvalue weighted by Gasteiger charge is 2.24. The summed E-state index contributed by atoms with van der Waals surface area (Å²) in [6.45, 7) is 1.76. The number of urea groups is 1. The maximum absolute atomic E-state index is 11.7. The number of carbonyl (C=O) groups is 2. The van der Waals surface area contributed by atoms with Gasteiger partial charge in [0.25, 0.3) is 0 Å². The highest BCUT2D eigenvalue weighted by atomic mass is 16.4. The molecule has 1 aliphatic rings. The molecule has 0 aliphatic heterocycles. The second-order valence-corrected chi connectivity index (χ2v) is 5.12. The zero-order valence-corrected chi connectivity index (χ0v) is 11.4. The van der Waals surface area contributed by atoms with Gasteiger partial charge in [0.05, 0.1) is 6.54 Å². The van der Waals surface area contributed by atoms with E-state index in [9.17, 15) is 9.59 Å². The smallest absolute Gasteiger partial charge is 0.334 e. The average molecular weight is 272 g/mol. The maximum Gasteiger partial charge on any atom is 0.334 e. The van der Waals surface area contributed by atoms with Gasteiger partial charge < -0.3 is 20.8 Å². The van der Waals surface area contributed by atoms with E-state index in [1.54, 1.807) is 0 Å². The number of aliphatic hydroxyl groups excluding tert-OH is 1. The molecule has 0 heterocycles. The summed E-state index contributed by atoms with van der Waals surface area (Å²) in [6, 6.07) is -0.278. The molecule has 19 heavy (non-hydrogen) atoms. The lowest BCUT2D eigenvalue weighted by Crippen LogP contribution is -2.48. The molecule has 6 heteroatoms. The van der Waals surface area contributed by atoms with Crippen LogP contribution in [0.3, 0.4) is 0 Å². The number of aliphatic hydroxyl groups is 1. The lowest BCUT2D eigenvalue weighted by molar-refractivity contribution is -0.146. The monoisotopic (exact) mass is 272 g/mol. The second kappa shape index (κ2) is 7.99. The molecule has 4 N–H and O–H groups in total. The summed E-state index contributed by atoms with van der Waals surface area (Å²) in [4.78, 5) is 22.1. The fraction of sp³-hybridized carbons (Fsp3) is 0.846. The van der Waals surface area contributed by atoms with Gasteiger partial charge in [-0.15, -0.1) is 0 Å². The van der Waals surface area contributed by atoms with Crippen molar-refractivity contribution in [2.24, 2.45) is 5.92 Å². The molecule has 1 saturated carbocycles. The fourth-order valence-electron chi connectivity index (χ4n) is 2.59. The first-order chi connectivity index (χ1) is 9.04. The van der Waals surface area contributed by atoms with Crippen LogP contribution in [-0.4, -0.2) is 40.9 Å². The Morgan fingerprint density at radius 1 is 1.26 bits per heavy atom. The zero-order chi connectivity index (χ0) is 14.3. The number of nitrogens with one attached hydrogen (secondary N) is 2. The van der Waals surface area contributed by atoms with E-state index in [-0.39, 0.29) is 12.6 Å². The van der Waals surface area contributed by atoms with Gasteiger partial charge in [-0.05, 0) is 25.2 Å². The van der Waals surface area contributed by atoms with Crippen LogP contribution in [0, 0.1) is 5.92 Å². The van der Waals surface area contributed by atoms with Crippen LogP contribution in [0.5, 0.6) is 0 Å². The Morgan fingerprint density at radius 3 is 2.42 bits per heavy atom. The van der Waals surface area contributed by atoms with Crippen molar-refractivity contribution in [1.29, 1.82) is 0 Å². The summed E-state index contributed by atoms with van der Waals surface area (Å²) >= 11 is 0. The molecule has 6 nitrogen and oxygen atoms in total. The van der Waals surface area contributed by atoms with Gasteiger partial charge in [-0.25, -0.2) is 9.59 Å². The molecule has 1 fully saturated rings. The Balaban J connectivity index is 2.33. The van der Waals surface area contributed by atoms with Gasteiger partial charge in [0.2, 0.25) is 0 Å². The normalized spacial score (nSPS) is 19.5. The number of hydrogen-bond donors (Lipinski definition) is 4. The van der Waals surface area contributed by atoms with E-state index in [1.165, 1.54) is 19.3 Å². The van der Waals surface area contributed by atoms with Gasteiger partial charge in [0.15, 0.2) is 6.10 Å². The minimum atomic E-state index is -1.56. The van der Waals surface area contributed by atoms with Crippen LogP contribution in [0.25, 0.3) is 0 Å². The van der Waals surface area contributed by atoms with Crippen molar-refractivity contribution in [3.63, 3.8) is 0 Å². The Bertz CT molecular complexity index is 303. The average Bonchev–Trinajstić information content (AvgIpc) is 2.42. The largest absolute Gasteiger partial charge is 0.479 e. The number of amides is 2. The third-order valence-electron chi connectivity index (χ3n) is 3.72. The van der Waals surface area contributed by atoms with Crippen molar-refractivity contribution >= 4 is 12.0 Å². The molecule has 1 rings (SSSR count). The molecule has 0 aromatic carbocycles. The van der Waals surface area contributed by atoms with Crippen molar-refractivity contribution in [3.8, 4) is 0 Å². The molecule has 1 unspecified atom stereocenters. The van der Waals surface area contributed by atoms with Crippen LogP contribution >= 0.6 is 0 Å². The van der Waals surface area contributed by atoms with E-state index in [4.69, 9.17) is 10.2 Å². The Labute approximate surface area is 113 Å². The van der Waals surface area contributed by atoms with Crippen molar-refractivity contribution < 1.29 is 19.8 Å². The van der Waals surface area contributed by atoms with Crippen LogP contribution in [0.1, 0.15) is 45.4 Å². The van der Waals surface area contributed by atoms with Crippen molar-refractivity contribution in [2.75, 3.05) is 6.54 Å². The number of aliphatic carboxylic acids is 1. The van der Waals surface area contributed by atoms with Gasteiger partial charge in [0, 0.05) is 6.04 Å². The number of carbonyl (C=O) groups excluding carboxylic acids is 1. The summed E-state index contributed by atoms with van der Waals surface area (Å²) < 4.78 is 0. The molecule has 1 aliphatic carbocycles. The highest BCUT2D eigenvalue weighted by molar-refractivity contribution is 5.76. The molecule has 0 aromatic heterocycles. The van der Waals surface area contributed by atoms with Gasteiger partial charge >= 0.3 is 12.0 Å². The first-order valence-electron chi connectivity index (χ1n) is 6.99. The summed E-state index contributed by atoms with van der Waals surface area (Å²) in [5.74, 6) is -0.825. The third kappa shape index (κ3) is 5.46. The number of carboxylic acid groups (broad SMARTS) is 1. The summed E-state index contributed by atoms with van der Waals surface area (Å²) in [7, 11) is 0. The molecule has 2 amide bonds. The minimum absolute atomic E-state index is 0.127. The van der Waals surface area contributed by atoms with Crippen LogP contribution in [0.15, 0.2) is 0 Å². The topological polar surface area (TPSA) is 98.7 Å². The Kier molecular flexibility index (Phi) is 6.62. The van der Waals surface area contributed by atoms with E-state index in [0.717, 1.165) is 19.3 Å². The van der Waals surface area contributed by atoms with Crippen LogP contribution in [-0.2, 0) is 4.79 Å². The van der Waals surface area contributed by atoms with Gasteiger partial charge in [-0.1, -0.05) is 26.2 Å². The molecule has 2 atom stereocenters. The highest BCUT2D eigenvalue weighted by Crippen LogP contribution is 2.27. The van der Waals surface area contributed by atoms with Crippen molar-refractivity contribution in [2.45, 2.75) is 57.6 Å². The second-order valence-electron chi connectivity index (χ2n) is 5.12. The zero-order valence-electron chi connectivity index (χ0n) is 11.4. The van der Waals surface area contributed by atoms with Crippen LogP contribution < -0.4 is 10.6 Å². The fourth-order valence-corrected chi connectivity index (χ4v) is 2.59. The number of hydrogen-bond acceptors (Lipinski definition) is 3. The summed E-state index contributed by atoms with van der Waals surface area (Å²) in [6.07, 6.45) is 5.27. The van der Waals surface area contributed by atoms with Crippen molar-refractivity contribution in [3.05, 3.63) is 0 Å². The quantitative estimate of drug-likeness (QED) is 0.581. The standard InChI is InChI=1S/C13H24N2O4/c1-2-10(9-6-4-3-5-7-9)15-13(19)14-8-11(16)12(17)18/h9-11,16H,2-8H2,1H3,(H,17,18)(H2,14,15,19)/t10?,11-/m0/s1. The molecular formula is C13H24N2O4. The first-order valence-corrected chi connectivity index (χ1v) is 6.99.